The normalized spacial score (nSPS) is 17.4. The third kappa shape index (κ3) is 2.86. The summed E-state index contributed by atoms with van der Waals surface area (Å²) in [4.78, 5) is 12.1. The standard InChI is InChI=1S/C17H15ClO2/c18-13-7-9-17-15(10-13)16(19)11-14(20-17)8-6-12-4-2-1-3-5-12/h1-5,7,9-10,14H,6,8,11H2. The summed E-state index contributed by atoms with van der Waals surface area (Å²) < 4.78 is 5.90. The molecule has 0 aromatic heterocycles. The Hall–Kier alpha value is -1.80. The number of aryl methyl sites for hydroxylation is 1. The molecule has 2 aromatic rings. The van der Waals surface area contributed by atoms with Crippen molar-refractivity contribution in [2.75, 3.05) is 0 Å². The maximum Gasteiger partial charge on any atom is 0.170 e. The maximum absolute atomic E-state index is 12.1. The van der Waals surface area contributed by atoms with E-state index < -0.39 is 0 Å². The van der Waals surface area contributed by atoms with Crippen molar-refractivity contribution in [3.63, 3.8) is 0 Å². The molecule has 1 unspecified atom stereocenters. The van der Waals surface area contributed by atoms with E-state index >= 15 is 0 Å². The van der Waals surface area contributed by atoms with Crippen LogP contribution in [0, 0.1) is 0 Å². The molecule has 102 valence electrons. The number of hydrogen-bond acceptors (Lipinski definition) is 2. The summed E-state index contributed by atoms with van der Waals surface area (Å²) in [5.41, 5.74) is 1.87. The van der Waals surface area contributed by atoms with Gasteiger partial charge in [-0.1, -0.05) is 41.9 Å². The van der Waals surface area contributed by atoms with Crippen LogP contribution in [0.4, 0.5) is 0 Å². The third-order valence-corrected chi connectivity index (χ3v) is 3.78. The molecule has 0 bridgehead atoms. The molecule has 0 radical (unpaired) electrons. The summed E-state index contributed by atoms with van der Waals surface area (Å²) in [6, 6.07) is 15.5. The third-order valence-electron chi connectivity index (χ3n) is 3.55. The molecule has 0 aliphatic carbocycles. The van der Waals surface area contributed by atoms with Crippen LogP contribution in [-0.2, 0) is 6.42 Å². The molecule has 1 heterocycles. The molecule has 3 heteroatoms. The minimum Gasteiger partial charge on any atom is -0.489 e. The van der Waals surface area contributed by atoms with Gasteiger partial charge >= 0.3 is 0 Å². The Morgan fingerprint density at radius 1 is 1.15 bits per heavy atom. The van der Waals surface area contributed by atoms with Crippen LogP contribution in [-0.4, -0.2) is 11.9 Å². The van der Waals surface area contributed by atoms with Gasteiger partial charge in [-0.3, -0.25) is 4.79 Å². The maximum atomic E-state index is 12.1. The number of fused-ring (bicyclic) bond motifs is 1. The largest absolute Gasteiger partial charge is 0.489 e. The van der Waals surface area contributed by atoms with Crippen molar-refractivity contribution in [1.82, 2.24) is 0 Å². The number of ketones is 1. The summed E-state index contributed by atoms with van der Waals surface area (Å²) in [6.07, 6.45) is 2.15. The predicted octanol–water partition coefficient (Wildman–Crippen LogP) is 4.31. The molecule has 0 saturated heterocycles. The number of halogens is 1. The van der Waals surface area contributed by atoms with Crippen molar-refractivity contribution in [2.45, 2.75) is 25.4 Å². The average Bonchev–Trinajstić information content (AvgIpc) is 2.47. The van der Waals surface area contributed by atoms with Crippen LogP contribution in [0.25, 0.3) is 0 Å². The highest BCUT2D eigenvalue weighted by Crippen LogP contribution is 2.31. The highest BCUT2D eigenvalue weighted by molar-refractivity contribution is 6.31. The first kappa shape index (κ1) is 13.2. The molecule has 2 aromatic carbocycles. The SMILES string of the molecule is O=C1CC(CCc2ccccc2)Oc2ccc(Cl)cc21. The fourth-order valence-corrected chi connectivity index (χ4v) is 2.67. The molecular weight excluding hydrogens is 272 g/mol. The Bertz CT molecular complexity index is 622. The lowest BCUT2D eigenvalue weighted by atomic mass is 9.97. The van der Waals surface area contributed by atoms with E-state index in [9.17, 15) is 4.79 Å². The summed E-state index contributed by atoms with van der Waals surface area (Å²) in [5, 5.41) is 0.573. The number of Topliss-reactive ketones (excluding diaryl/α,β-unsaturated/α-hetero) is 1. The minimum absolute atomic E-state index is 0.0450. The van der Waals surface area contributed by atoms with Crippen LogP contribution >= 0.6 is 11.6 Å². The van der Waals surface area contributed by atoms with Gasteiger partial charge in [0, 0.05) is 11.4 Å². The quantitative estimate of drug-likeness (QED) is 0.840. The zero-order valence-electron chi connectivity index (χ0n) is 11.0. The number of carbonyl (C=O) groups excluding carboxylic acids is 1. The van der Waals surface area contributed by atoms with Gasteiger partial charge in [0.25, 0.3) is 0 Å². The Kier molecular flexibility index (Phi) is 3.75. The Morgan fingerprint density at radius 3 is 2.75 bits per heavy atom. The van der Waals surface area contributed by atoms with Crippen LogP contribution in [0.15, 0.2) is 48.5 Å². The van der Waals surface area contributed by atoms with Crippen molar-refractivity contribution >= 4 is 17.4 Å². The van der Waals surface area contributed by atoms with Crippen molar-refractivity contribution in [3.8, 4) is 5.75 Å². The van der Waals surface area contributed by atoms with Gasteiger partial charge in [0.15, 0.2) is 5.78 Å². The molecule has 20 heavy (non-hydrogen) atoms. The second-order valence-electron chi connectivity index (χ2n) is 5.03. The van der Waals surface area contributed by atoms with Gasteiger partial charge in [0.05, 0.1) is 5.56 Å². The van der Waals surface area contributed by atoms with Crippen LogP contribution in [0.5, 0.6) is 5.75 Å². The van der Waals surface area contributed by atoms with Crippen LogP contribution < -0.4 is 4.74 Å². The van der Waals surface area contributed by atoms with Crippen LogP contribution in [0.2, 0.25) is 5.02 Å². The first-order chi connectivity index (χ1) is 9.72. The number of benzene rings is 2. The monoisotopic (exact) mass is 286 g/mol. The van der Waals surface area contributed by atoms with E-state index in [-0.39, 0.29) is 11.9 Å². The van der Waals surface area contributed by atoms with E-state index in [2.05, 4.69) is 12.1 Å². The molecule has 2 nitrogen and oxygen atoms in total. The van der Waals surface area contributed by atoms with Crippen molar-refractivity contribution in [3.05, 3.63) is 64.7 Å². The summed E-state index contributed by atoms with van der Waals surface area (Å²) in [5.74, 6) is 0.774. The van der Waals surface area contributed by atoms with Gasteiger partial charge in [-0.2, -0.15) is 0 Å². The second kappa shape index (κ2) is 5.68. The number of carbonyl (C=O) groups is 1. The Balaban J connectivity index is 1.69. The number of hydrogen-bond donors (Lipinski definition) is 0. The van der Waals surface area contributed by atoms with Gasteiger partial charge in [-0.25, -0.2) is 0 Å². The molecule has 1 aliphatic heterocycles. The van der Waals surface area contributed by atoms with Crippen molar-refractivity contribution in [1.29, 1.82) is 0 Å². The molecule has 0 fully saturated rings. The van der Waals surface area contributed by atoms with Gasteiger partial charge < -0.3 is 4.74 Å². The highest BCUT2D eigenvalue weighted by atomic mass is 35.5. The molecular formula is C17H15ClO2. The lowest BCUT2D eigenvalue weighted by Gasteiger charge is -2.25. The van der Waals surface area contributed by atoms with E-state index in [1.54, 1.807) is 18.2 Å². The van der Waals surface area contributed by atoms with E-state index in [1.807, 2.05) is 18.2 Å². The lowest BCUT2D eigenvalue weighted by molar-refractivity contribution is 0.0839. The van der Waals surface area contributed by atoms with Gasteiger partial charge in [0.2, 0.25) is 0 Å². The van der Waals surface area contributed by atoms with E-state index in [0.29, 0.717) is 22.8 Å². The Labute approximate surface area is 123 Å². The van der Waals surface area contributed by atoms with E-state index in [1.165, 1.54) is 5.56 Å². The van der Waals surface area contributed by atoms with Crippen molar-refractivity contribution < 1.29 is 9.53 Å². The Morgan fingerprint density at radius 2 is 1.95 bits per heavy atom. The van der Waals surface area contributed by atoms with Crippen LogP contribution in [0.3, 0.4) is 0 Å². The molecule has 1 aliphatic rings. The smallest absolute Gasteiger partial charge is 0.170 e. The molecule has 0 N–H and O–H groups in total. The van der Waals surface area contributed by atoms with Crippen LogP contribution in [0.1, 0.15) is 28.8 Å². The van der Waals surface area contributed by atoms with E-state index in [0.717, 1.165) is 12.8 Å². The van der Waals surface area contributed by atoms with E-state index in [4.69, 9.17) is 16.3 Å². The molecule has 1 atom stereocenters. The average molecular weight is 287 g/mol. The minimum atomic E-state index is -0.0450. The van der Waals surface area contributed by atoms with Gasteiger partial charge in [-0.15, -0.1) is 0 Å². The first-order valence-corrected chi connectivity index (χ1v) is 7.13. The highest BCUT2D eigenvalue weighted by Gasteiger charge is 2.26. The molecule has 0 spiro atoms. The summed E-state index contributed by atoms with van der Waals surface area (Å²) in [7, 11) is 0. The molecule has 0 saturated carbocycles. The molecule has 3 rings (SSSR count). The summed E-state index contributed by atoms with van der Waals surface area (Å²) >= 11 is 5.91. The zero-order chi connectivity index (χ0) is 13.9. The second-order valence-corrected chi connectivity index (χ2v) is 5.47. The topological polar surface area (TPSA) is 26.3 Å². The fourth-order valence-electron chi connectivity index (χ4n) is 2.49. The lowest BCUT2D eigenvalue weighted by Crippen LogP contribution is -2.27. The fraction of sp³-hybridized carbons (Fsp3) is 0.235. The predicted molar refractivity (Wildman–Crippen MR) is 79.6 cm³/mol. The number of rotatable bonds is 3. The van der Waals surface area contributed by atoms with Gasteiger partial charge in [-0.05, 0) is 36.6 Å². The first-order valence-electron chi connectivity index (χ1n) is 6.76. The van der Waals surface area contributed by atoms with Gasteiger partial charge in [0.1, 0.15) is 11.9 Å². The van der Waals surface area contributed by atoms with Crippen molar-refractivity contribution in [2.24, 2.45) is 0 Å². The summed E-state index contributed by atoms with van der Waals surface area (Å²) in [6.45, 7) is 0. The zero-order valence-corrected chi connectivity index (χ0v) is 11.8. The number of ether oxygens (including phenoxy) is 1. The molecule has 0 amide bonds.